The summed E-state index contributed by atoms with van der Waals surface area (Å²) in [5, 5.41) is 0. The van der Waals surface area contributed by atoms with Gasteiger partial charge in [0.15, 0.2) is 0 Å². The number of carbonyl (C=O) groups excluding carboxylic acids is 2. The summed E-state index contributed by atoms with van der Waals surface area (Å²) in [7, 11) is 0. The standard InChI is InChI=1S/C28H24F7NO4.ClH/c1-14(16-6-19(27(30,31)32)11-20(7-16)28(33,34)35)40-23-12-36-22(26(23)15-2-4-21(29)5-3-15)8-17(9-24(36)37)18-10-25(38)39-13-18;/h2-7,9,11,14,18,22-23,26H,8,10,12-13H2,1H3;1H/t14-,18?,22?,23+,26+;/m1./s1. The van der Waals surface area contributed by atoms with Crippen LogP contribution in [-0.2, 0) is 31.4 Å². The number of amides is 1. The lowest BCUT2D eigenvalue weighted by Gasteiger charge is -2.34. The number of rotatable bonds is 5. The van der Waals surface area contributed by atoms with E-state index in [4.69, 9.17) is 9.47 Å². The maximum Gasteiger partial charge on any atom is 0.416 e. The topological polar surface area (TPSA) is 55.8 Å². The molecule has 0 aliphatic carbocycles. The van der Waals surface area contributed by atoms with E-state index >= 15 is 0 Å². The predicted molar refractivity (Wildman–Crippen MR) is 133 cm³/mol. The Morgan fingerprint density at radius 1 is 0.951 bits per heavy atom. The molecule has 0 N–H and O–H groups in total. The van der Waals surface area contributed by atoms with Crippen molar-refractivity contribution in [3.8, 4) is 0 Å². The van der Waals surface area contributed by atoms with Gasteiger partial charge in [-0.3, -0.25) is 9.59 Å². The van der Waals surface area contributed by atoms with Crippen molar-refractivity contribution in [1.29, 1.82) is 0 Å². The number of fused-ring (bicyclic) bond motifs is 1. The Morgan fingerprint density at radius 3 is 2.10 bits per heavy atom. The first-order chi connectivity index (χ1) is 18.7. The lowest BCUT2D eigenvalue weighted by Crippen LogP contribution is -2.40. The summed E-state index contributed by atoms with van der Waals surface area (Å²) in [6.45, 7) is 1.51. The molecule has 5 atom stereocenters. The Balaban J connectivity index is 0.00000387. The van der Waals surface area contributed by atoms with Gasteiger partial charge >= 0.3 is 18.3 Å². The third-order valence-electron chi connectivity index (χ3n) is 7.73. The number of alkyl halides is 6. The van der Waals surface area contributed by atoms with Crippen LogP contribution in [0.4, 0.5) is 30.7 Å². The molecule has 1 amide bonds. The third-order valence-corrected chi connectivity index (χ3v) is 7.73. The molecule has 0 bridgehead atoms. The monoisotopic (exact) mass is 607 g/mol. The minimum absolute atomic E-state index is 0. The molecule has 41 heavy (non-hydrogen) atoms. The van der Waals surface area contributed by atoms with Crippen molar-refractivity contribution in [1.82, 2.24) is 4.90 Å². The highest BCUT2D eigenvalue weighted by molar-refractivity contribution is 5.90. The van der Waals surface area contributed by atoms with Gasteiger partial charge in [0.2, 0.25) is 5.91 Å². The third kappa shape index (κ3) is 6.38. The molecule has 222 valence electrons. The van der Waals surface area contributed by atoms with E-state index in [1.54, 1.807) is 4.90 Å². The lowest BCUT2D eigenvalue weighted by atomic mass is 9.81. The molecule has 2 saturated heterocycles. The molecule has 3 heterocycles. The fraction of sp³-hybridized carbons (Fsp3) is 0.429. The van der Waals surface area contributed by atoms with Gasteiger partial charge in [0.1, 0.15) is 5.82 Å². The van der Waals surface area contributed by atoms with Crippen LogP contribution in [0.3, 0.4) is 0 Å². The molecule has 3 aliphatic heterocycles. The van der Waals surface area contributed by atoms with Crippen molar-refractivity contribution in [2.75, 3.05) is 13.2 Å². The van der Waals surface area contributed by atoms with Gasteiger partial charge < -0.3 is 14.4 Å². The van der Waals surface area contributed by atoms with Gasteiger partial charge in [0.05, 0.1) is 36.4 Å². The second kappa shape index (κ2) is 11.3. The molecule has 3 aliphatic rings. The van der Waals surface area contributed by atoms with Gasteiger partial charge in [0.25, 0.3) is 0 Å². The molecule has 0 radical (unpaired) electrons. The Kier molecular flexibility index (Phi) is 8.48. The predicted octanol–water partition coefficient (Wildman–Crippen LogP) is 6.62. The number of cyclic esters (lactones) is 1. The molecule has 0 spiro atoms. The number of carbonyl (C=O) groups is 2. The minimum atomic E-state index is -5.01. The first-order valence-electron chi connectivity index (χ1n) is 12.6. The molecule has 2 aromatic carbocycles. The number of hydrogen-bond donors (Lipinski definition) is 0. The molecule has 5 nitrogen and oxygen atoms in total. The Hall–Kier alpha value is -3.12. The van der Waals surface area contributed by atoms with Crippen molar-refractivity contribution in [2.24, 2.45) is 5.92 Å². The fourth-order valence-corrected chi connectivity index (χ4v) is 5.76. The second-order valence-corrected chi connectivity index (χ2v) is 10.3. The van der Waals surface area contributed by atoms with E-state index in [9.17, 15) is 40.3 Å². The van der Waals surface area contributed by atoms with Gasteiger partial charge in [-0.05, 0) is 54.8 Å². The maximum atomic E-state index is 13.7. The maximum absolute atomic E-state index is 13.7. The van der Waals surface area contributed by atoms with Crippen LogP contribution in [0.5, 0.6) is 0 Å². The minimum Gasteiger partial charge on any atom is -0.465 e. The zero-order valence-corrected chi connectivity index (χ0v) is 22.3. The summed E-state index contributed by atoms with van der Waals surface area (Å²) in [6.07, 6.45) is -10.1. The van der Waals surface area contributed by atoms with Crippen LogP contribution in [0.1, 0.15) is 54.0 Å². The molecule has 2 aromatic rings. The molecule has 2 fully saturated rings. The van der Waals surface area contributed by atoms with Gasteiger partial charge in [-0.1, -0.05) is 17.7 Å². The second-order valence-electron chi connectivity index (χ2n) is 10.3. The summed E-state index contributed by atoms with van der Waals surface area (Å²) < 4.78 is 106. The number of esters is 1. The normalized spacial score (nSPS) is 25.4. The van der Waals surface area contributed by atoms with Gasteiger partial charge in [-0.25, -0.2) is 4.39 Å². The van der Waals surface area contributed by atoms with Crippen molar-refractivity contribution < 1.29 is 49.8 Å². The van der Waals surface area contributed by atoms with E-state index in [0.29, 0.717) is 29.7 Å². The quantitative estimate of drug-likeness (QED) is 0.283. The lowest BCUT2D eigenvalue weighted by molar-refractivity contribution is -0.143. The van der Waals surface area contributed by atoms with Crippen molar-refractivity contribution >= 4 is 24.3 Å². The Bertz CT molecular complexity index is 1310. The zero-order chi connectivity index (χ0) is 29.0. The number of ether oxygens (including phenoxy) is 2. The van der Waals surface area contributed by atoms with Crippen LogP contribution < -0.4 is 0 Å². The Morgan fingerprint density at radius 2 is 1.56 bits per heavy atom. The number of benzene rings is 2. The van der Waals surface area contributed by atoms with E-state index in [1.807, 2.05) is 0 Å². The molecule has 2 unspecified atom stereocenters. The van der Waals surface area contributed by atoms with Gasteiger partial charge in [0, 0.05) is 30.5 Å². The van der Waals surface area contributed by atoms with Crippen molar-refractivity contribution in [3.63, 3.8) is 0 Å². The highest BCUT2D eigenvalue weighted by atomic mass is 35.5. The van der Waals surface area contributed by atoms with E-state index < -0.39 is 53.5 Å². The molecular formula is C28H25ClF7NO4. The fourth-order valence-electron chi connectivity index (χ4n) is 5.76. The van der Waals surface area contributed by atoms with E-state index in [-0.39, 0.29) is 61.4 Å². The summed E-state index contributed by atoms with van der Waals surface area (Å²) in [4.78, 5) is 26.3. The molecule has 13 heteroatoms. The summed E-state index contributed by atoms with van der Waals surface area (Å²) >= 11 is 0. The molecule has 0 saturated carbocycles. The van der Waals surface area contributed by atoms with Crippen LogP contribution in [0, 0.1) is 11.7 Å². The molecule has 0 aromatic heterocycles. The number of halogens is 8. The van der Waals surface area contributed by atoms with Crippen molar-refractivity contribution in [3.05, 3.63) is 82.2 Å². The smallest absolute Gasteiger partial charge is 0.416 e. The van der Waals surface area contributed by atoms with Crippen molar-refractivity contribution in [2.45, 2.75) is 56.3 Å². The highest BCUT2D eigenvalue weighted by Crippen LogP contribution is 2.45. The van der Waals surface area contributed by atoms with Crippen LogP contribution in [0.25, 0.3) is 0 Å². The zero-order valence-electron chi connectivity index (χ0n) is 21.5. The first kappa shape index (κ1) is 30.8. The summed E-state index contributed by atoms with van der Waals surface area (Å²) in [5.41, 5.74) is -1.92. The van der Waals surface area contributed by atoms with E-state index in [2.05, 4.69) is 0 Å². The van der Waals surface area contributed by atoms with Crippen LogP contribution in [0.2, 0.25) is 0 Å². The molecular weight excluding hydrogens is 583 g/mol. The van der Waals surface area contributed by atoms with Crippen LogP contribution in [-0.4, -0.2) is 42.1 Å². The van der Waals surface area contributed by atoms with Crippen LogP contribution in [0.15, 0.2) is 54.1 Å². The van der Waals surface area contributed by atoms with E-state index in [0.717, 1.165) is 0 Å². The van der Waals surface area contributed by atoms with Gasteiger partial charge in [-0.2, -0.15) is 26.3 Å². The largest absolute Gasteiger partial charge is 0.465 e. The van der Waals surface area contributed by atoms with Crippen LogP contribution >= 0.6 is 12.4 Å². The SMILES string of the molecule is C[C@@H](O[C@H]1CN2C(=O)C=C(C3COC(=O)C3)CC2[C@@H]1c1ccc(F)cc1)c1cc(C(F)(F)F)cc(C(F)(F)F)c1.Cl. The Labute approximate surface area is 236 Å². The number of hydrogen-bond acceptors (Lipinski definition) is 4. The summed E-state index contributed by atoms with van der Waals surface area (Å²) in [5.74, 6) is -2.08. The number of nitrogens with zero attached hydrogens (tertiary/aromatic N) is 1. The average Bonchev–Trinajstić information content (AvgIpc) is 3.47. The molecule has 5 rings (SSSR count). The first-order valence-corrected chi connectivity index (χ1v) is 12.6. The van der Waals surface area contributed by atoms with E-state index in [1.165, 1.54) is 37.3 Å². The summed E-state index contributed by atoms with van der Waals surface area (Å²) in [6, 6.07) is 6.29. The highest BCUT2D eigenvalue weighted by Gasteiger charge is 2.49. The average molecular weight is 608 g/mol. The van der Waals surface area contributed by atoms with Gasteiger partial charge in [-0.15, -0.1) is 12.4 Å².